The predicted molar refractivity (Wildman–Crippen MR) is 85.1 cm³/mol. The molecule has 23 heavy (non-hydrogen) atoms. The van der Waals surface area contributed by atoms with Crippen molar-refractivity contribution in [1.82, 2.24) is 14.8 Å². The summed E-state index contributed by atoms with van der Waals surface area (Å²) in [5.41, 5.74) is 2.17. The summed E-state index contributed by atoms with van der Waals surface area (Å²) in [5, 5.41) is 9.63. The molecule has 1 fully saturated rings. The van der Waals surface area contributed by atoms with Gasteiger partial charge < -0.3 is 14.6 Å². The maximum Gasteiger partial charge on any atom is 0.250 e. The van der Waals surface area contributed by atoms with Gasteiger partial charge in [0.1, 0.15) is 0 Å². The number of amides is 1. The van der Waals surface area contributed by atoms with Gasteiger partial charge in [0.2, 0.25) is 5.91 Å². The quantitative estimate of drug-likeness (QED) is 0.898. The highest BCUT2D eigenvalue weighted by atomic mass is 16.5. The molecule has 0 saturated carbocycles. The van der Waals surface area contributed by atoms with Crippen molar-refractivity contribution in [2.45, 2.75) is 25.9 Å². The second-order valence-corrected chi connectivity index (χ2v) is 5.88. The molecular weight excluding hydrogens is 296 g/mol. The van der Waals surface area contributed by atoms with Gasteiger partial charge in [0, 0.05) is 37.7 Å². The van der Waals surface area contributed by atoms with Crippen LogP contribution in [0.15, 0.2) is 29.5 Å². The van der Waals surface area contributed by atoms with Gasteiger partial charge in [-0.3, -0.25) is 14.7 Å². The van der Waals surface area contributed by atoms with Crippen molar-refractivity contribution < 1.29 is 9.53 Å². The maximum absolute atomic E-state index is 12.7. The van der Waals surface area contributed by atoms with Gasteiger partial charge in [-0.25, -0.2) is 0 Å². The number of aryl methyl sites for hydroxylation is 2. The first kappa shape index (κ1) is 15.5. The lowest BCUT2D eigenvalue weighted by molar-refractivity contribution is -0.129. The summed E-state index contributed by atoms with van der Waals surface area (Å²) < 4.78 is 7.24. The zero-order chi connectivity index (χ0) is 16.4. The summed E-state index contributed by atoms with van der Waals surface area (Å²) in [4.78, 5) is 24.3. The molecule has 1 aliphatic heterocycles. The van der Waals surface area contributed by atoms with Crippen LogP contribution in [0.4, 0.5) is 5.69 Å². The highest BCUT2D eigenvalue weighted by Crippen LogP contribution is 2.34. The molecule has 3 rings (SSSR count). The number of pyridine rings is 1. The van der Waals surface area contributed by atoms with Crippen molar-refractivity contribution in [2.75, 3.05) is 11.9 Å². The molecule has 0 spiro atoms. The Bertz CT molecular complexity index is 751. The van der Waals surface area contributed by atoms with E-state index in [-0.39, 0.29) is 23.5 Å². The summed E-state index contributed by atoms with van der Waals surface area (Å²) in [7, 11) is 1.66. The topological polar surface area (TPSA) is 89.0 Å². The van der Waals surface area contributed by atoms with Gasteiger partial charge in [0.05, 0.1) is 23.9 Å². The highest BCUT2D eigenvalue weighted by Gasteiger charge is 2.33. The van der Waals surface area contributed by atoms with Crippen LogP contribution in [0.5, 0.6) is 0 Å². The fourth-order valence-electron chi connectivity index (χ4n) is 2.87. The number of aromatic nitrogens is 3. The van der Waals surface area contributed by atoms with E-state index >= 15 is 0 Å². The second kappa shape index (κ2) is 6.37. The Morgan fingerprint density at radius 2 is 2.35 bits per heavy atom. The van der Waals surface area contributed by atoms with Gasteiger partial charge in [-0.1, -0.05) is 0 Å². The normalized spacial score (nSPS) is 21.1. The van der Waals surface area contributed by atoms with E-state index in [0.717, 1.165) is 24.0 Å². The first-order valence-electron chi connectivity index (χ1n) is 7.64. The monoisotopic (exact) mass is 316 g/mol. The van der Waals surface area contributed by atoms with Crippen LogP contribution in [0.2, 0.25) is 0 Å². The Labute approximate surface area is 133 Å². The average molecular weight is 316 g/mol. The number of carbonyl (C=O) groups excluding carboxylic acids is 1. The molecule has 1 amide bonds. The molecule has 0 radical (unpaired) electrons. The van der Waals surface area contributed by atoms with E-state index in [1.165, 1.54) is 10.6 Å². The Hall–Kier alpha value is -2.41. The smallest absolute Gasteiger partial charge is 0.250 e. The highest BCUT2D eigenvalue weighted by molar-refractivity contribution is 5.93. The Morgan fingerprint density at radius 1 is 1.52 bits per heavy atom. The molecule has 0 aliphatic carbocycles. The number of aromatic amines is 1. The number of anilines is 1. The maximum atomic E-state index is 12.7. The second-order valence-electron chi connectivity index (χ2n) is 5.88. The predicted octanol–water partition coefficient (Wildman–Crippen LogP) is 1.52. The molecular formula is C16H20N4O3. The molecule has 1 saturated heterocycles. The minimum atomic E-state index is -0.296. The molecule has 2 N–H and O–H groups in total. The van der Waals surface area contributed by atoms with Crippen LogP contribution in [0.3, 0.4) is 0 Å². The van der Waals surface area contributed by atoms with Crippen molar-refractivity contribution in [3.8, 4) is 0 Å². The third kappa shape index (κ3) is 3.19. The van der Waals surface area contributed by atoms with Gasteiger partial charge in [-0.2, -0.15) is 5.10 Å². The van der Waals surface area contributed by atoms with Crippen LogP contribution in [-0.4, -0.2) is 27.3 Å². The zero-order valence-corrected chi connectivity index (χ0v) is 13.2. The first-order valence-corrected chi connectivity index (χ1v) is 7.64. The molecule has 122 valence electrons. The Morgan fingerprint density at radius 3 is 3.09 bits per heavy atom. The van der Waals surface area contributed by atoms with Gasteiger partial charge in [0.25, 0.3) is 5.56 Å². The summed E-state index contributed by atoms with van der Waals surface area (Å²) in [6, 6.07) is 1.51. The minimum Gasteiger partial charge on any atom is -0.373 e. The van der Waals surface area contributed by atoms with E-state index in [9.17, 15) is 9.59 Å². The third-order valence-electron chi connectivity index (χ3n) is 4.20. The van der Waals surface area contributed by atoms with Crippen molar-refractivity contribution >= 4 is 11.6 Å². The van der Waals surface area contributed by atoms with E-state index < -0.39 is 0 Å². The van der Waals surface area contributed by atoms with Crippen LogP contribution < -0.4 is 10.9 Å². The first-order chi connectivity index (χ1) is 11.1. The molecule has 0 aromatic carbocycles. The number of carbonyl (C=O) groups is 1. The molecule has 7 heteroatoms. The molecule has 3 heterocycles. The number of nitrogens with one attached hydrogen (secondary N) is 2. The lowest BCUT2D eigenvalue weighted by atomic mass is 9.90. The SMILES string of the molecule is Cc1cc(=O)n(C)cc1NC(=O)[C@@H]1CCCO[C@H]1c1cn[nH]c1. The summed E-state index contributed by atoms with van der Waals surface area (Å²) in [6.07, 6.45) is 6.40. The van der Waals surface area contributed by atoms with E-state index in [2.05, 4.69) is 15.5 Å². The zero-order valence-electron chi connectivity index (χ0n) is 13.2. The summed E-state index contributed by atoms with van der Waals surface area (Å²) in [6.45, 7) is 2.44. The fraction of sp³-hybridized carbons (Fsp3) is 0.438. The van der Waals surface area contributed by atoms with Crippen molar-refractivity contribution in [2.24, 2.45) is 13.0 Å². The van der Waals surface area contributed by atoms with Crippen LogP contribution in [0, 0.1) is 12.8 Å². The van der Waals surface area contributed by atoms with Gasteiger partial charge in [-0.15, -0.1) is 0 Å². The Kier molecular flexibility index (Phi) is 4.29. The molecule has 2 aromatic heterocycles. The third-order valence-corrected chi connectivity index (χ3v) is 4.20. The minimum absolute atomic E-state index is 0.0993. The number of hydrogen-bond acceptors (Lipinski definition) is 4. The molecule has 1 aliphatic rings. The van der Waals surface area contributed by atoms with Gasteiger partial charge in [0.15, 0.2) is 0 Å². The lowest BCUT2D eigenvalue weighted by Gasteiger charge is -2.30. The fourth-order valence-corrected chi connectivity index (χ4v) is 2.87. The number of nitrogens with zero attached hydrogens (tertiary/aromatic N) is 2. The van der Waals surface area contributed by atoms with E-state index in [0.29, 0.717) is 12.3 Å². The van der Waals surface area contributed by atoms with Crippen LogP contribution in [-0.2, 0) is 16.6 Å². The largest absolute Gasteiger partial charge is 0.373 e. The van der Waals surface area contributed by atoms with Crippen molar-refractivity contribution in [1.29, 1.82) is 0 Å². The van der Waals surface area contributed by atoms with Gasteiger partial charge >= 0.3 is 0 Å². The number of rotatable bonds is 3. The van der Waals surface area contributed by atoms with Crippen LogP contribution in [0.1, 0.15) is 30.1 Å². The molecule has 0 bridgehead atoms. The van der Waals surface area contributed by atoms with E-state index in [4.69, 9.17) is 4.74 Å². The van der Waals surface area contributed by atoms with Crippen LogP contribution in [0.25, 0.3) is 0 Å². The Balaban J connectivity index is 1.81. The molecule has 2 atom stereocenters. The van der Waals surface area contributed by atoms with E-state index in [1.54, 1.807) is 25.6 Å². The lowest BCUT2D eigenvalue weighted by Crippen LogP contribution is -2.33. The standard InChI is InChI=1S/C16H20N4O3/c1-10-6-14(21)20(2)9-13(10)19-16(22)12-4-3-5-23-15(12)11-7-17-18-8-11/h6-9,12,15H,3-5H2,1-2H3,(H,17,18)(H,19,22)/t12-,15+/m1/s1. The number of H-pyrrole nitrogens is 1. The number of ether oxygens (including phenoxy) is 1. The molecule has 7 nitrogen and oxygen atoms in total. The van der Waals surface area contributed by atoms with Crippen molar-refractivity contribution in [3.63, 3.8) is 0 Å². The molecule has 0 unspecified atom stereocenters. The van der Waals surface area contributed by atoms with Crippen molar-refractivity contribution in [3.05, 3.63) is 46.1 Å². The molecule has 2 aromatic rings. The summed E-state index contributed by atoms with van der Waals surface area (Å²) >= 11 is 0. The summed E-state index contributed by atoms with van der Waals surface area (Å²) in [5.74, 6) is -0.379. The van der Waals surface area contributed by atoms with E-state index in [1.807, 2.05) is 6.92 Å². The van der Waals surface area contributed by atoms with Gasteiger partial charge in [-0.05, 0) is 25.3 Å². The average Bonchev–Trinajstić information content (AvgIpc) is 3.07. The van der Waals surface area contributed by atoms with Crippen LogP contribution >= 0.6 is 0 Å². The number of hydrogen-bond donors (Lipinski definition) is 2.